The Morgan fingerprint density at radius 2 is 2.00 bits per heavy atom. The molecule has 0 bridgehead atoms. The Hall–Kier alpha value is -2.48. The van der Waals surface area contributed by atoms with E-state index in [9.17, 15) is 4.79 Å². The van der Waals surface area contributed by atoms with Crippen molar-refractivity contribution in [3.8, 4) is 11.5 Å². The molecule has 8 heteroatoms. The number of benzene rings is 1. The van der Waals surface area contributed by atoms with E-state index < -0.39 is 5.41 Å². The zero-order chi connectivity index (χ0) is 17.9. The fourth-order valence-electron chi connectivity index (χ4n) is 2.03. The van der Waals surface area contributed by atoms with Gasteiger partial charge in [0.1, 0.15) is 17.2 Å². The number of nitrogens with one attached hydrogen (secondary N) is 1. The maximum atomic E-state index is 12.6. The Morgan fingerprint density at radius 1 is 1.29 bits per heavy atom. The van der Waals surface area contributed by atoms with Crippen LogP contribution in [0.15, 0.2) is 28.1 Å². The van der Waals surface area contributed by atoms with Gasteiger partial charge in [0, 0.05) is 17.0 Å². The third-order valence-electron chi connectivity index (χ3n) is 3.31. The van der Waals surface area contributed by atoms with Crippen molar-refractivity contribution < 1.29 is 9.47 Å². The predicted octanol–water partition coefficient (Wildman–Crippen LogP) is 2.50. The minimum atomic E-state index is -0.425. The lowest BCUT2D eigenvalue weighted by Gasteiger charge is -2.16. The van der Waals surface area contributed by atoms with Crippen LogP contribution in [0.25, 0.3) is 0 Å². The summed E-state index contributed by atoms with van der Waals surface area (Å²) in [6.45, 7) is 5.69. The van der Waals surface area contributed by atoms with Gasteiger partial charge in [-0.1, -0.05) is 20.8 Å². The van der Waals surface area contributed by atoms with Gasteiger partial charge in [-0.15, -0.1) is 0 Å². The average Bonchev–Trinajstić information content (AvgIpc) is 2.53. The van der Waals surface area contributed by atoms with Crippen molar-refractivity contribution in [3.05, 3.63) is 44.6 Å². The molecule has 2 aromatic rings. The van der Waals surface area contributed by atoms with Crippen LogP contribution in [0.1, 0.15) is 32.0 Å². The highest BCUT2D eigenvalue weighted by Gasteiger charge is 2.21. The summed E-state index contributed by atoms with van der Waals surface area (Å²) in [7, 11) is 3.13. The van der Waals surface area contributed by atoms with Crippen LogP contribution in [0.2, 0.25) is 0 Å². The van der Waals surface area contributed by atoms with Gasteiger partial charge >= 0.3 is 0 Å². The second kappa shape index (κ2) is 6.96. The number of H-pyrrole nitrogens is 1. The van der Waals surface area contributed by atoms with Crippen molar-refractivity contribution in [2.75, 3.05) is 14.2 Å². The minimum Gasteiger partial charge on any atom is -0.497 e. The molecule has 0 fully saturated rings. The first kappa shape index (κ1) is 17.9. The number of hydrogen-bond donors (Lipinski definition) is 1. The zero-order valence-corrected chi connectivity index (χ0v) is 15.1. The van der Waals surface area contributed by atoms with E-state index in [0.717, 1.165) is 4.68 Å². The lowest BCUT2D eigenvalue weighted by Crippen LogP contribution is -2.32. The van der Waals surface area contributed by atoms with Crippen LogP contribution < -0.4 is 15.0 Å². The maximum Gasteiger partial charge on any atom is 0.297 e. The van der Waals surface area contributed by atoms with Crippen molar-refractivity contribution in [3.63, 3.8) is 0 Å². The van der Waals surface area contributed by atoms with E-state index in [-0.39, 0.29) is 10.3 Å². The van der Waals surface area contributed by atoms with E-state index in [0.29, 0.717) is 22.8 Å². The lowest BCUT2D eigenvalue weighted by atomic mass is 9.93. The maximum absolute atomic E-state index is 12.6. The first-order valence-electron chi connectivity index (χ1n) is 7.26. The van der Waals surface area contributed by atoms with Crippen LogP contribution in [0.5, 0.6) is 11.5 Å². The van der Waals surface area contributed by atoms with E-state index in [2.05, 4.69) is 15.3 Å². The molecule has 0 aliphatic carbocycles. The summed E-state index contributed by atoms with van der Waals surface area (Å²) in [5.41, 5.74) is 0.268. The van der Waals surface area contributed by atoms with Crippen LogP contribution >= 0.6 is 12.2 Å². The van der Waals surface area contributed by atoms with Crippen molar-refractivity contribution in [2.45, 2.75) is 26.2 Å². The lowest BCUT2D eigenvalue weighted by molar-refractivity contribution is 0.394. The Balaban J connectivity index is 2.51. The summed E-state index contributed by atoms with van der Waals surface area (Å²) in [6, 6.07) is 5.29. The number of rotatable bonds is 4. The van der Waals surface area contributed by atoms with Gasteiger partial charge < -0.3 is 9.47 Å². The molecule has 1 aromatic carbocycles. The Bertz CT molecular complexity index is 878. The van der Waals surface area contributed by atoms with Crippen LogP contribution in [0, 0.1) is 4.77 Å². The molecule has 0 saturated carbocycles. The molecule has 0 aliphatic heterocycles. The normalized spacial score (nSPS) is 11.7. The fraction of sp³-hybridized carbons (Fsp3) is 0.375. The Labute approximate surface area is 144 Å². The number of aromatic nitrogens is 3. The quantitative estimate of drug-likeness (QED) is 0.678. The summed E-state index contributed by atoms with van der Waals surface area (Å²) in [5.74, 6) is 1.24. The monoisotopic (exact) mass is 348 g/mol. The number of hydrogen-bond acceptors (Lipinski definition) is 6. The molecule has 1 aromatic heterocycles. The molecule has 0 saturated heterocycles. The summed E-state index contributed by atoms with van der Waals surface area (Å²) in [6.07, 6.45) is 1.51. The zero-order valence-electron chi connectivity index (χ0n) is 14.3. The largest absolute Gasteiger partial charge is 0.497 e. The highest BCUT2D eigenvalue weighted by Crippen LogP contribution is 2.23. The van der Waals surface area contributed by atoms with Gasteiger partial charge in [0.2, 0.25) is 4.77 Å². The average molecular weight is 348 g/mol. The fourth-order valence-corrected chi connectivity index (χ4v) is 2.21. The Kier molecular flexibility index (Phi) is 5.18. The van der Waals surface area contributed by atoms with Crippen molar-refractivity contribution in [2.24, 2.45) is 5.10 Å². The SMILES string of the molecule is COc1ccc(/C=N\n2c(=S)[nH]nc(C(C)(C)C)c2=O)c(OC)c1. The van der Waals surface area contributed by atoms with Gasteiger partial charge in [-0.05, 0) is 24.4 Å². The molecule has 1 heterocycles. The molecule has 0 unspecified atom stereocenters. The van der Waals surface area contributed by atoms with Gasteiger partial charge in [0.15, 0.2) is 0 Å². The van der Waals surface area contributed by atoms with E-state index >= 15 is 0 Å². The summed E-state index contributed by atoms with van der Waals surface area (Å²) in [4.78, 5) is 12.6. The van der Waals surface area contributed by atoms with Crippen LogP contribution in [0.4, 0.5) is 0 Å². The van der Waals surface area contributed by atoms with E-state index in [4.69, 9.17) is 21.7 Å². The van der Waals surface area contributed by atoms with Gasteiger partial charge in [-0.2, -0.15) is 14.9 Å². The van der Waals surface area contributed by atoms with Gasteiger partial charge in [0.25, 0.3) is 5.56 Å². The van der Waals surface area contributed by atoms with Gasteiger partial charge in [-0.25, -0.2) is 0 Å². The van der Waals surface area contributed by atoms with E-state index in [1.165, 1.54) is 6.21 Å². The third kappa shape index (κ3) is 3.70. The van der Waals surface area contributed by atoms with E-state index in [1.54, 1.807) is 32.4 Å². The summed E-state index contributed by atoms with van der Waals surface area (Å²) < 4.78 is 11.7. The third-order valence-corrected chi connectivity index (χ3v) is 3.58. The topological polar surface area (TPSA) is 81.5 Å². The van der Waals surface area contributed by atoms with Crippen molar-refractivity contribution in [1.82, 2.24) is 14.9 Å². The molecular formula is C16H20N4O3S. The first-order chi connectivity index (χ1) is 11.3. The number of nitrogens with zero attached hydrogens (tertiary/aromatic N) is 3. The standard InChI is InChI=1S/C16H20N4O3S/c1-16(2,3)13-14(21)20(15(24)19-18-13)17-9-10-6-7-11(22-4)8-12(10)23-5/h6-9H,1-5H3,(H,19,24)/b17-9-. The van der Waals surface area contributed by atoms with Crippen LogP contribution in [0.3, 0.4) is 0 Å². The van der Waals surface area contributed by atoms with Gasteiger partial charge in [0.05, 0.1) is 20.4 Å². The first-order valence-corrected chi connectivity index (χ1v) is 7.67. The van der Waals surface area contributed by atoms with E-state index in [1.807, 2.05) is 20.8 Å². The molecule has 0 radical (unpaired) electrons. The molecule has 128 valence electrons. The van der Waals surface area contributed by atoms with Gasteiger partial charge in [-0.3, -0.25) is 9.89 Å². The molecule has 2 rings (SSSR count). The molecule has 0 atom stereocenters. The molecular weight excluding hydrogens is 328 g/mol. The molecule has 7 nitrogen and oxygen atoms in total. The molecule has 0 amide bonds. The molecule has 0 aliphatic rings. The number of ether oxygens (including phenoxy) is 2. The number of methoxy groups -OCH3 is 2. The predicted molar refractivity (Wildman–Crippen MR) is 94.9 cm³/mol. The Morgan fingerprint density at radius 3 is 2.58 bits per heavy atom. The smallest absolute Gasteiger partial charge is 0.297 e. The molecule has 0 spiro atoms. The highest BCUT2D eigenvalue weighted by molar-refractivity contribution is 7.71. The summed E-state index contributed by atoms with van der Waals surface area (Å²) in [5, 5.41) is 10.9. The second-order valence-electron chi connectivity index (χ2n) is 6.10. The van der Waals surface area contributed by atoms with Crippen LogP contribution in [-0.4, -0.2) is 35.3 Å². The van der Waals surface area contributed by atoms with Crippen molar-refractivity contribution in [1.29, 1.82) is 0 Å². The minimum absolute atomic E-state index is 0.122. The van der Waals surface area contributed by atoms with Crippen LogP contribution in [-0.2, 0) is 5.41 Å². The van der Waals surface area contributed by atoms with Crippen molar-refractivity contribution >= 4 is 18.4 Å². The molecule has 1 N–H and O–H groups in total. The highest BCUT2D eigenvalue weighted by atomic mass is 32.1. The molecule has 24 heavy (non-hydrogen) atoms. The number of aromatic amines is 1. The second-order valence-corrected chi connectivity index (χ2v) is 6.48. The summed E-state index contributed by atoms with van der Waals surface area (Å²) >= 11 is 5.12.